The van der Waals surface area contributed by atoms with Crippen molar-refractivity contribution < 1.29 is 0 Å². The molecule has 3 unspecified atom stereocenters. The summed E-state index contributed by atoms with van der Waals surface area (Å²) in [5.74, 6) is 2.98. The quantitative estimate of drug-likeness (QED) is 0.578. The molecule has 3 atom stereocenters. The molecular weight excluding hydrogens is 172 g/mol. The number of amidine groups is 1. The lowest BCUT2D eigenvalue weighted by atomic mass is 9.93. The minimum atomic E-state index is 0.635. The van der Waals surface area contributed by atoms with Crippen LogP contribution in [0.3, 0.4) is 0 Å². The Morgan fingerprint density at radius 1 is 1.21 bits per heavy atom. The Kier molecular flexibility index (Phi) is 2.80. The largest absolute Gasteiger partial charge is 0.363 e. The first-order valence-electron chi connectivity index (χ1n) is 5.92. The van der Waals surface area contributed by atoms with Gasteiger partial charge in [-0.1, -0.05) is 13.3 Å². The summed E-state index contributed by atoms with van der Waals surface area (Å²) in [5, 5.41) is 0. The van der Waals surface area contributed by atoms with Crippen LogP contribution in [0.25, 0.3) is 0 Å². The lowest BCUT2D eigenvalue weighted by molar-refractivity contribution is 0.289. The molecule has 2 aliphatic rings. The molecule has 0 aromatic rings. The molecule has 2 nitrogen and oxygen atoms in total. The van der Waals surface area contributed by atoms with Gasteiger partial charge in [-0.25, -0.2) is 0 Å². The zero-order chi connectivity index (χ0) is 10.1. The van der Waals surface area contributed by atoms with E-state index in [4.69, 9.17) is 4.99 Å². The number of fused-ring (bicyclic) bond motifs is 1. The van der Waals surface area contributed by atoms with Crippen LogP contribution in [0, 0.1) is 11.8 Å². The van der Waals surface area contributed by atoms with E-state index in [1.807, 2.05) is 0 Å². The third kappa shape index (κ3) is 1.94. The molecule has 0 amide bonds. The van der Waals surface area contributed by atoms with Crippen molar-refractivity contribution in [2.75, 3.05) is 13.6 Å². The van der Waals surface area contributed by atoms with Gasteiger partial charge in [-0.3, -0.25) is 4.99 Å². The smallest absolute Gasteiger partial charge is 0.0958 e. The van der Waals surface area contributed by atoms with E-state index in [0.717, 1.165) is 11.8 Å². The van der Waals surface area contributed by atoms with E-state index in [2.05, 4.69) is 25.8 Å². The van der Waals surface area contributed by atoms with Gasteiger partial charge in [0, 0.05) is 13.6 Å². The monoisotopic (exact) mass is 194 g/mol. The molecule has 1 heterocycles. The molecule has 1 saturated carbocycles. The molecule has 0 N–H and O–H groups in total. The lowest BCUT2D eigenvalue weighted by Crippen LogP contribution is -2.40. The van der Waals surface area contributed by atoms with Crippen LogP contribution in [-0.4, -0.2) is 30.4 Å². The molecule has 0 aromatic carbocycles. The van der Waals surface area contributed by atoms with E-state index >= 15 is 0 Å². The summed E-state index contributed by atoms with van der Waals surface area (Å²) in [7, 11) is 2.17. The van der Waals surface area contributed by atoms with Crippen LogP contribution in [0.15, 0.2) is 4.99 Å². The highest BCUT2D eigenvalue weighted by atomic mass is 15.2. The second-order valence-electron chi connectivity index (χ2n) is 5.14. The van der Waals surface area contributed by atoms with Crippen molar-refractivity contribution in [2.45, 2.75) is 45.6 Å². The van der Waals surface area contributed by atoms with Gasteiger partial charge in [0.15, 0.2) is 0 Å². The molecule has 0 saturated heterocycles. The van der Waals surface area contributed by atoms with Crippen LogP contribution in [0.4, 0.5) is 0 Å². The van der Waals surface area contributed by atoms with Gasteiger partial charge in [-0.15, -0.1) is 0 Å². The van der Waals surface area contributed by atoms with Crippen molar-refractivity contribution in [3.63, 3.8) is 0 Å². The van der Waals surface area contributed by atoms with E-state index in [9.17, 15) is 0 Å². The standard InChI is InChI=1S/C12H22N2/c1-9-4-6-11-8-14(3)10(2)13-12(11)7-5-9/h9,11-12H,4-8H2,1-3H3. The van der Waals surface area contributed by atoms with Gasteiger partial charge in [-0.05, 0) is 38.0 Å². The Hall–Kier alpha value is -0.530. The van der Waals surface area contributed by atoms with E-state index in [1.54, 1.807) is 0 Å². The van der Waals surface area contributed by atoms with Crippen molar-refractivity contribution >= 4 is 5.84 Å². The fourth-order valence-electron chi connectivity index (χ4n) is 2.73. The van der Waals surface area contributed by atoms with Gasteiger partial charge < -0.3 is 4.90 Å². The molecule has 1 aliphatic carbocycles. The normalized spacial score (nSPS) is 38.6. The number of rotatable bonds is 0. The highest BCUT2D eigenvalue weighted by Crippen LogP contribution is 2.31. The van der Waals surface area contributed by atoms with Crippen LogP contribution < -0.4 is 0 Å². The average molecular weight is 194 g/mol. The summed E-state index contributed by atoms with van der Waals surface area (Å²) in [6, 6.07) is 0.635. The molecule has 0 spiro atoms. The minimum absolute atomic E-state index is 0.635. The molecule has 0 aromatic heterocycles. The van der Waals surface area contributed by atoms with Gasteiger partial charge in [0.1, 0.15) is 0 Å². The molecule has 1 aliphatic heterocycles. The molecule has 14 heavy (non-hydrogen) atoms. The Balaban J connectivity index is 2.09. The van der Waals surface area contributed by atoms with Crippen molar-refractivity contribution in [1.29, 1.82) is 0 Å². The van der Waals surface area contributed by atoms with Crippen LogP contribution in [0.2, 0.25) is 0 Å². The predicted molar refractivity (Wildman–Crippen MR) is 60.6 cm³/mol. The zero-order valence-corrected chi connectivity index (χ0v) is 9.66. The number of nitrogens with zero attached hydrogens (tertiary/aromatic N) is 2. The van der Waals surface area contributed by atoms with E-state index in [1.165, 1.54) is 38.1 Å². The molecule has 80 valence electrons. The number of aliphatic imine (C=N–C) groups is 1. The first kappa shape index (κ1) is 10.0. The van der Waals surface area contributed by atoms with Gasteiger partial charge in [-0.2, -0.15) is 0 Å². The first-order chi connectivity index (χ1) is 6.66. The third-order valence-corrected chi connectivity index (χ3v) is 3.94. The molecular formula is C12H22N2. The maximum atomic E-state index is 4.82. The maximum absolute atomic E-state index is 4.82. The van der Waals surface area contributed by atoms with Gasteiger partial charge in [0.05, 0.1) is 11.9 Å². The maximum Gasteiger partial charge on any atom is 0.0958 e. The molecule has 0 radical (unpaired) electrons. The number of hydrogen-bond donors (Lipinski definition) is 0. The summed E-state index contributed by atoms with van der Waals surface area (Å²) in [6.45, 7) is 5.76. The Morgan fingerprint density at radius 3 is 2.71 bits per heavy atom. The van der Waals surface area contributed by atoms with Crippen LogP contribution in [0.5, 0.6) is 0 Å². The first-order valence-corrected chi connectivity index (χ1v) is 5.92. The van der Waals surface area contributed by atoms with E-state index in [0.29, 0.717) is 6.04 Å². The fourth-order valence-corrected chi connectivity index (χ4v) is 2.73. The Morgan fingerprint density at radius 2 is 1.93 bits per heavy atom. The van der Waals surface area contributed by atoms with Gasteiger partial charge in [0.2, 0.25) is 0 Å². The molecule has 1 fully saturated rings. The second-order valence-corrected chi connectivity index (χ2v) is 5.14. The fraction of sp³-hybridized carbons (Fsp3) is 0.917. The highest BCUT2D eigenvalue weighted by molar-refractivity contribution is 5.80. The lowest BCUT2D eigenvalue weighted by Gasteiger charge is -2.34. The summed E-state index contributed by atoms with van der Waals surface area (Å²) < 4.78 is 0. The molecule has 2 heteroatoms. The average Bonchev–Trinajstić information content (AvgIpc) is 2.31. The number of hydrogen-bond acceptors (Lipinski definition) is 2. The van der Waals surface area contributed by atoms with E-state index < -0.39 is 0 Å². The Labute approximate surface area is 87.4 Å². The molecule has 2 rings (SSSR count). The zero-order valence-electron chi connectivity index (χ0n) is 9.66. The minimum Gasteiger partial charge on any atom is -0.363 e. The van der Waals surface area contributed by atoms with Crippen LogP contribution in [0.1, 0.15) is 39.5 Å². The molecule has 0 bridgehead atoms. The topological polar surface area (TPSA) is 15.6 Å². The highest BCUT2D eigenvalue weighted by Gasteiger charge is 2.29. The van der Waals surface area contributed by atoms with Gasteiger partial charge in [0.25, 0.3) is 0 Å². The summed E-state index contributed by atoms with van der Waals surface area (Å²) in [4.78, 5) is 7.14. The summed E-state index contributed by atoms with van der Waals surface area (Å²) in [5.41, 5.74) is 0. The second kappa shape index (κ2) is 3.92. The summed E-state index contributed by atoms with van der Waals surface area (Å²) >= 11 is 0. The van der Waals surface area contributed by atoms with Gasteiger partial charge >= 0.3 is 0 Å². The van der Waals surface area contributed by atoms with Crippen LogP contribution in [-0.2, 0) is 0 Å². The van der Waals surface area contributed by atoms with E-state index in [-0.39, 0.29) is 0 Å². The van der Waals surface area contributed by atoms with Crippen molar-refractivity contribution in [2.24, 2.45) is 16.8 Å². The van der Waals surface area contributed by atoms with Crippen LogP contribution >= 0.6 is 0 Å². The van der Waals surface area contributed by atoms with Crippen molar-refractivity contribution in [1.82, 2.24) is 4.90 Å². The van der Waals surface area contributed by atoms with Crippen molar-refractivity contribution in [3.05, 3.63) is 0 Å². The summed E-state index contributed by atoms with van der Waals surface area (Å²) in [6.07, 6.45) is 5.48. The van der Waals surface area contributed by atoms with Crippen molar-refractivity contribution in [3.8, 4) is 0 Å². The SMILES string of the molecule is CC1=NC2CCC(C)CCC2CN1C. The third-order valence-electron chi connectivity index (χ3n) is 3.94. The predicted octanol–water partition coefficient (Wildman–Crippen LogP) is 2.55. The Bertz CT molecular complexity index is 234.